The fourth-order valence-corrected chi connectivity index (χ4v) is 2.27. The number of nitrogens with zero attached hydrogens (tertiary/aromatic N) is 1. The van der Waals surface area contributed by atoms with E-state index in [9.17, 15) is 0 Å². The Kier molecular flexibility index (Phi) is 11.9. The lowest BCUT2D eigenvalue weighted by molar-refractivity contribution is 0.00479. The summed E-state index contributed by atoms with van der Waals surface area (Å²) in [4.78, 5) is 2.57. The molecule has 0 atom stereocenters. The topological polar surface area (TPSA) is 24.5 Å². The molecular formula is C15H34N2O. The van der Waals surface area contributed by atoms with Crippen LogP contribution in [0.15, 0.2) is 0 Å². The van der Waals surface area contributed by atoms with E-state index in [-0.39, 0.29) is 0 Å². The Morgan fingerprint density at radius 1 is 1.22 bits per heavy atom. The summed E-state index contributed by atoms with van der Waals surface area (Å²) in [7, 11) is 1.99. The van der Waals surface area contributed by atoms with Gasteiger partial charge in [-0.1, -0.05) is 27.7 Å². The fraction of sp³-hybridized carbons (Fsp3) is 1.00. The lowest BCUT2D eigenvalue weighted by Gasteiger charge is -2.32. The van der Waals surface area contributed by atoms with Crippen LogP contribution in [0.25, 0.3) is 0 Å². The van der Waals surface area contributed by atoms with Gasteiger partial charge >= 0.3 is 0 Å². The highest BCUT2D eigenvalue weighted by Crippen LogP contribution is 2.14. The molecule has 1 aliphatic heterocycles. The lowest BCUT2D eigenvalue weighted by Crippen LogP contribution is -2.39. The minimum Gasteiger partial charge on any atom is -0.378 e. The highest BCUT2D eigenvalue weighted by Gasteiger charge is 2.19. The van der Waals surface area contributed by atoms with E-state index in [1.54, 1.807) is 0 Å². The van der Waals surface area contributed by atoms with Crippen molar-refractivity contribution in [1.82, 2.24) is 10.2 Å². The molecule has 0 aromatic rings. The Bertz CT molecular complexity index is 166. The van der Waals surface area contributed by atoms with Crippen LogP contribution in [0.1, 0.15) is 47.0 Å². The van der Waals surface area contributed by atoms with E-state index in [1.807, 2.05) is 20.9 Å². The third kappa shape index (κ3) is 8.90. The molecule has 3 heteroatoms. The predicted octanol–water partition coefficient (Wildman–Crippen LogP) is 2.76. The van der Waals surface area contributed by atoms with E-state index in [4.69, 9.17) is 4.74 Å². The number of rotatable bonds is 7. The maximum absolute atomic E-state index is 5.87. The molecule has 1 aliphatic rings. The Morgan fingerprint density at radius 3 is 2.33 bits per heavy atom. The molecule has 0 spiro atoms. The van der Waals surface area contributed by atoms with Crippen LogP contribution in [-0.2, 0) is 4.74 Å². The fourth-order valence-electron chi connectivity index (χ4n) is 2.27. The molecule has 0 aromatic heterocycles. The van der Waals surface area contributed by atoms with Crippen molar-refractivity contribution in [2.45, 2.75) is 53.1 Å². The van der Waals surface area contributed by atoms with Gasteiger partial charge in [0.25, 0.3) is 0 Å². The standard InChI is InChI=1S/C13H28N2O.C2H6/c1-12(2)11-15-8-5-13(6-9-15)16-10-4-7-14-3;1-2/h12-14H,4-11H2,1-3H3;1-2H3. The normalized spacial score (nSPS) is 17.7. The van der Waals surface area contributed by atoms with E-state index in [2.05, 4.69) is 24.1 Å². The number of hydrogen-bond donors (Lipinski definition) is 1. The lowest BCUT2D eigenvalue weighted by atomic mass is 10.1. The van der Waals surface area contributed by atoms with Crippen molar-refractivity contribution in [2.75, 3.05) is 39.8 Å². The molecule has 0 bridgehead atoms. The molecule has 1 saturated heterocycles. The first kappa shape index (κ1) is 17.9. The van der Waals surface area contributed by atoms with Gasteiger partial charge in [-0.3, -0.25) is 0 Å². The van der Waals surface area contributed by atoms with Crippen molar-refractivity contribution < 1.29 is 4.74 Å². The second-order valence-corrected chi connectivity index (χ2v) is 5.22. The van der Waals surface area contributed by atoms with Crippen molar-refractivity contribution in [3.63, 3.8) is 0 Å². The number of nitrogens with one attached hydrogen (secondary N) is 1. The van der Waals surface area contributed by atoms with Gasteiger partial charge in [0.15, 0.2) is 0 Å². The molecule has 0 aromatic carbocycles. The highest BCUT2D eigenvalue weighted by molar-refractivity contribution is 4.73. The average molecular weight is 258 g/mol. The number of hydrogen-bond acceptors (Lipinski definition) is 3. The van der Waals surface area contributed by atoms with Crippen LogP contribution in [0.2, 0.25) is 0 Å². The number of likely N-dealkylation sites (tertiary alicyclic amines) is 1. The third-order valence-corrected chi connectivity index (χ3v) is 3.08. The monoisotopic (exact) mass is 258 g/mol. The molecule has 110 valence electrons. The quantitative estimate of drug-likeness (QED) is 0.711. The molecule has 0 amide bonds. The Morgan fingerprint density at radius 2 is 1.83 bits per heavy atom. The van der Waals surface area contributed by atoms with Gasteiger partial charge < -0.3 is 15.0 Å². The molecule has 3 nitrogen and oxygen atoms in total. The summed E-state index contributed by atoms with van der Waals surface area (Å²) in [5.41, 5.74) is 0. The van der Waals surface area contributed by atoms with Gasteiger partial charge in [-0.25, -0.2) is 0 Å². The van der Waals surface area contributed by atoms with Gasteiger partial charge in [-0.2, -0.15) is 0 Å². The molecule has 1 heterocycles. The molecule has 0 radical (unpaired) electrons. The van der Waals surface area contributed by atoms with Crippen LogP contribution in [0.3, 0.4) is 0 Å². The molecular weight excluding hydrogens is 224 g/mol. The highest BCUT2D eigenvalue weighted by atomic mass is 16.5. The van der Waals surface area contributed by atoms with Crippen LogP contribution < -0.4 is 5.32 Å². The zero-order chi connectivity index (χ0) is 13.8. The Balaban J connectivity index is 0.00000137. The van der Waals surface area contributed by atoms with Crippen LogP contribution in [0.5, 0.6) is 0 Å². The van der Waals surface area contributed by atoms with Crippen LogP contribution >= 0.6 is 0 Å². The molecule has 0 aliphatic carbocycles. The third-order valence-electron chi connectivity index (χ3n) is 3.08. The number of piperidine rings is 1. The molecule has 1 N–H and O–H groups in total. The van der Waals surface area contributed by atoms with E-state index >= 15 is 0 Å². The average Bonchev–Trinajstić information content (AvgIpc) is 2.38. The van der Waals surface area contributed by atoms with Crippen LogP contribution in [0.4, 0.5) is 0 Å². The Labute approximate surface area is 114 Å². The smallest absolute Gasteiger partial charge is 0.0599 e. The maximum Gasteiger partial charge on any atom is 0.0599 e. The predicted molar refractivity (Wildman–Crippen MR) is 80.1 cm³/mol. The largest absolute Gasteiger partial charge is 0.378 e. The van der Waals surface area contributed by atoms with Gasteiger partial charge in [0.1, 0.15) is 0 Å². The zero-order valence-electron chi connectivity index (χ0n) is 13.2. The van der Waals surface area contributed by atoms with Crippen molar-refractivity contribution in [3.8, 4) is 0 Å². The summed E-state index contributed by atoms with van der Waals surface area (Å²) in [5, 5.41) is 3.15. The molecule has 1 fully saturated rings. The Hall–Kier alpha value is -0.120. The van der Waals surface area contributed by atoms with Gasteiger partial charge in [0, 0.05) is 26.2 Å². The first-order chi connectivity index (χ1) is 8.72. The minimum absolute atomic E-state index is 0.514. The molecule has 1 rings (SSSR count). The van der Waals surface area contributed by atoms with Crippen molar-refractivity contribution >= 4 is 0 Å². The van der Waals surface area contributed by atoms with Crippen molar-refractivity contribution in [1.29, 1.82) is 0 Å². The SMILES string of the molecule is CC.CNCCCOC1CCN(CC(C)C)CC1. The van der Waals surface area contributed by atoms with Gasteiger partial charge in [-0.15, -0.1) is 0 Å². The second kappa shape index (κ2) is 11.9. The zero-order valence-corrected chi connectivity index (χ0v) is 13.2. The second-order valence-electron chi connectivity index (χ2n) is 5.22. The summed E-state index contributed by atoms with van der Waals surface area (Å²) in [6, 6.07) is 0. The van der Waals surface area contributed by atoms with Gasteiger partial charge in [0.05, 0.1) is 6.10 Å². The van der Waals surface area contributed by atoms with Gasteiger partial charge in [0.2, 0.25) is 0 Å². The summed E-state index contributed by atoms with van der Waals surface area (Å²) in [5.74, 6) is 0.785. The molecule has 18 heavy (non-hydrogen) atoms. The maximum atomic E-state index is 5.87. The van der Waals surface area contributed by atoms with Crippen molar-refractivity contribution in [3.05, 3.63) is 0 Å². The summed E-state index contributed by atoms with van der Waals surface area (Å²) < 4.78 is 5.87. The molecule has 0 saturated carbocycles. The van der Waals surface area contributed by atoms with E-state index in [0.717, 1.165) is 25.5 Å². The number of ether oxygens (including phenoxy) is 1. The van der Waals surface area contributed by atoms with Gasteiger partial charge in [-0.05, 0) is 38.8 Å². The van der Waals surface area contributed by atoms with E-state index in [1.165, 1.54) is 32.5 Å². The van der Waals surface area contributed by atoms with Crippen LogP contribution in [-0.4, -0.2) is 50.8 Å². The van der Waals surface area contributed by atoms with E-state index < -0.39 is 0 Å². The molecule has 0 unspecified atom stereocenters. The van der Waals surface area contributed by atoms with E-state index in [0.29, 0.717) is 6.10 Å². The van der Waals surface area contributed by atoms with Crippen molar-refractivity contribution in [2.24, 2.45) is 5.92 Å². The van der Waals surface area contributed by atoms with Crippen LogP contribution in [0, 0.1) is 5.92 Å². The first-order valence-electron chi connectivity index (χ1n) is 7.71. The first-order valence-corrected chi connectivity index (χ1v) is 7.71. The minimum atomic E-state index is 0.514. The summed E-state index contributed by atoms with van der Waals surface area (Å²) in [6.07, 6.45) is 4.07. The summed E-state index contributed by atoms with van der Waals surface area (Å²) in [6.45, 7) is 14.2. The summed E-state index contributed by atoms with van der Waals surface area (Å²) >= 11 is 0.